The third-order valence-electron chi connectivity index (χ3n) is 1.47. The van der Waals surface area contributed by atoms with E-state index in [1.165, 1.54) is 0 Å². The molecule has 1 rings (SSSR count). The van der Waals surface area contributed by atoms with Crippen molar-refractivity contribution in [1.82, 2.24) is 0 Å². The summed E-state index contributed by atoms with van der Waals surface area (Å²) < 4.78 is 5.14. The molecule has 0 fully saturated rings. The second kappa shape index (κ2) is 3.86. The monoisotopic (exact) mass is 151 g/mol. The quantitative estimate of drug-likeness (QED) is 0.714. The van der Waals surface area contributed by atoms with Crippen molar-refractivity contribution in [2.45, 2.75) is 6.92 Å². The van der Waals surface area contributed by atoms with Crippen LogP contribution in [0.4, 0.5) is 5.69 Å². The van der Waals surface area contributed by atoms with Gasteiger partial charge >= 0.3 is 0 Å². The van der Waals surface area contributed by atoms with Gasteiger partial charge in [-0.15, -0.1) is 0 Å². The van der Waals surface area contributed by atoms with E-state index in [2.05, 4.69) is 12.2 Å². The average molecular weight is 151 g/mol. The van der Waals surface area contributed by atoms with Gasteiger partial charge < -0.3 is 10.1 Å². The molecule has 0 bridgehead atoms. The minimum Gasteiger partial charge on any atom is -0.495 e. The average Bonchev–Trinajstić information content (AvgIpc) is 2.06. The molecule has 0 aromatic heterocycles. The Hall–Kier alpha value is -1.18. The zero-order valence-electron chi connectivity index (χ0n) is 6.92. The van der Waals surface area contributed by atoms with E-state index in [1.54, 1.807) is 7.11 Å². The third kappa shape index (κ3) is 1.87. The Balaban J connectivity index is 2.83. The highest BCUT2D eigenvalue weighted by atomic mass is 16.5. The summed E-state index contributed by atoms with van der Waals surface area (Å²) in [6.45, 7) is 2.98. The standard InChI is InChI=1S/C9H13NO/c1-3-10-8-6-4-5-7-9(8)11-2/h4-7,10H,3H2,1-2H3. The van der Waals surface area contributed by atoms with Crippen LogP contribution in [0.25, 0.3) is 0 Å². The van der Waals surface area contributed by atoms with Gasteiger partial charge in [0.1, 0.15) is 5.75 Å². The van der Waals surface area contributed by atoms with Crippen molar-refractivity contribution in [3.05, 3.63) is 24.3 Å². The van der Waals surface area contributed by atoms with Crippen LogP contribution in [0.1, 0.15) is 6.92 Å². The summed E-state index contributed by atoms with van der Waals surface area (Å²) in [4.78, 5) is 0. The first kappa shape index (κ1) is 7.92. The van der Waals surface area contributed by atoms with Gasteiger partial charge in [-0.25, -0.2) is 0 Å². The number of methoxy groups -OCH3 is 1. The Labute approximate surface area is 67.2 Å². The highest BCUT2D eigenvalue weighted by molar-refractivity contribution is 5.55. The minimum absolute atomic E-state index is 0.898. The van der Waals surface area contributed by atoms with E-state index in [4.69, 9.17) is 4.74 Å². The molecule has 0 saturated heterocycles. The Morgan fingerprint density at radius 1 is 1.36 bits per heavy atom. The van der Waals surface area contributed by atoms with Crippen LogP contribution in [-0.2, 0) is 0 Å². The number of para-hydroxylation sites is 2. The van der Waals surface area contributed by atoms with E-state index in [9.17, 15) is 0 Å². The number of hydrogen-bond donors (Lipinski definition) is 1. The lowest BCUT2D eigenvalue weighted by Crippen LogP contribution is -1.98. The van der Waals surface area contributed by atoms with Crippen LogP contribution in [0.3, 0.4) is 0 Å². The van der Waals surface area contributed by atoms with E-state index in [-0.39, 0.29) is 0 Å². The topological polar surface area (TPSA) is 21.3 Å². The van der Waals surface area contributed by atoms with Gasteiger partial charge in [0.2, 0.25) is 0 Å². The summed E-state index contributed by atoms with van der Waals surface area (Å²) in [6, 6.07) is 7.89. The highest BCUT2D eigenvalue weighted by Gasteiger charge is 1.96. The first-order chi connectivity index (χ1) is 5.38. The summed E-state index contributed by atoms with van der Waals surface area (Å²) in [5.74, 6) is 0.898. The molecule has 0 aliphatic heterocycles. The normalized spacial score (nSPS) is 9.27. The maximum atomic E-state index is 5.14. The van der Waals surface area contributed by atoms with Crippen LogP contribution in [-0.4, -0.2) is 13.7 Å². The summed E-state index contributed by atoms with van der Waals surface area (Å²) >= 11 is 0. The lowest BCUT2D eigenvalue weighted by molar-refractivity contribution is 0.416. The van der Waals surface area contributed by atoms with Crippen molar-refractivity contribution in [3.63, 3.8) is 0 Å². The van der Waals surface area contributed by atoms with Crippen molar-refractivity contribution in [1.29, 1.82) is 0 Å². The molecule has 1 aromatic carbocycles. The number of hydrogen-bond acceptors (Lipinski definition) is 2. The summed E-state index contributed by atoms with van der Waals surface area (Å²) in [5.41, 5.74) is 1.05. The maximum Gasteiger partial charge on any atom is 0.141 e. The molecule has 0 heterocycles. The largest absolute Gasteiger partial charge is 0.495 e. The molecule has 0 amide bonds. The molecule has 0 radical (unpaired) electrons. The second-order valence-corrected chi connectivity index (χ2v) is 2.23. The molecule has 0 aliphatic carbocycles. The van der Waals surface area contributed by atoms with Crippen molar-refractivity contribution in [3.8, 4) is 5.75 Å². The fourth-order valence-electron chi connectivity index (χ4n) is 0.981. The van der Waals surface area contributed by atoms with Crippen LogP contribution in [0.2, 0.25) is 0 Å². The van der Waals surface area contributed by atoms with Crippen LogP contribution in [0, 0.1) is 0 Å². The van der Waals surface area contributed by atoms with E-state index in [0.29, 0.717) is 0 Å². The van der Waals surface area contributed by atoms with Crippen LogP contribution in [0.5, 0.6) is 5.75 Å². The maximum absolute atomic E-state index is 5.14. The van der Waals surface area contributed by atoms with Crippen LogP contribution >= 0.6 is 0 Å². The van der Waals surface area contributed by atoms with Gasteiger partial charge in [-0.1, -0.05) is 12.1 Å². The van der Waals surface area contributed by atoms with Crippen LogP contribution < -0.4 is 10.1 Å². The fraction of sp³-hybridized carbons (Fsp3) is 0.333. The Kier molecular flexibility index (Phi) is 2.78. The predicted molar refractivity (Wildman–Crippen MR) is 47.2 cm³/mol. The molecule has 0 unspecified atom stereocenters. The fourth-order valence-corrected chi connectivity index (χ4v) is 0.981. The number of anilines is 1. The third-order valence-corrected chi connectivity index (χ3v) is 1.47. The van der Waals surface area contributed by atoms with E-state index >= 15 is 0 Å². The Morgan fingerprint density at radius 3 is 2.73 bits per heavy atom. The molecular weight excluding hydrogens is 138 g/mol. The number of benzene rings is 1. The smallest absolute Gasteiger partial charge is 0.141 e. The molecule has 1 aromatic rings. The number of rotatable bonds is 3. The first-order valence-electron chi connectivity index (χ1n) is 3.75. The predicted octanol–water partition coefficient (Wildman–Crippen LogP) is 2.13. The molecule has 0 saturated carbocycles. The Morgan fingerprint density at radius 2 is 2.09 bits per heavy atom. The van der Waals surface area contributed by atoms with Gasteiger partial charge in [-0.3, -0.25) is 0 Å². The summed E-state index contributed by atoms with van der Waals surface area (Å²) in [7, 11) is 1.68. The molecule has 60 valence electrons. The lowest BCUT2D eigenvalue weighted by atomic mass is 10.3. The highest BCUT2D eigenvalue weighted by Crippen LogP contribution is 2.22. The van der Waals surface area contributed by atoms with Gasteiger partial charge in [-0.05, 0) is 19.1 Å². The van der Waals surface area contributed by atoms with Gasteiger partial charge in [0, 0.05) is 6.54 Å². The molecular formula is C9H13NO. The number of nitrogens with one attached hydrogen (secondary N) is 1. The molecule has 1 N–H and O–H groups in total. The van der Waals surface area contributed by atoms with Gasteiger partial charge in [0.15, 0.2) is 0 Å². The minimum atomic E-state index is 0.898. The molecule has 0 atom stereocenters. The summed E-state index contributed by atoms with van der Waals surface area (Å²) in [5, 5.41) is 3.20. The van der Waals surface area contributed by atoms with E-state index in [0.717, 1.165) is 18.0 Å². The SMILES string of the molecule is CCNc1ccccc1OC. The van der Waals surface area contributed by atoms with Crippen molar-refractivity contribution in [2.24, 2.45) is 0 Å². The van der Waals surface area contributed by atoms with Crippen molar-refractivity contribution >= 4 is 5.69 Å². The number of ether oxygens (including phenoxy) is 1. The van der Waals surface area contributed by atoms with E-state index < -0.39 is 0 Å². The van der Waals surface area contributed by atoms with Gasteiger partial charge in [0.05, 0.1) is 12.8 Å². The molecule has 2 nitrogen and oxygen atoms in total. The first-order valence-corrected chi connectivity index (χ1v) is 3.75. The Bertz CT molecular complexity index is 223. The lowest BCUT2D eigenvalue weighted by Gasteiger charge is -2.07. The zero-order valence-corrected chi connectivity index (χ0v) is 6.92. The molecule has 0 aliphatic rings. The van der Waals surface area contributed by atoms with Crippen molar-refractivity contribution < 1.29 is 4.74 Å². The molecule has 0 spiro atoms. The van der Waals surface area contributed by atoms with Gasteiger partial charge in [-0.2, -0.15) is 0 Å². The second-order valence-electron chi connectivity index (χ2n) is 2.23. The molecule has 2 heteroatoms. The zero-order chi connectivity index (χ0) is 8.10. The molecule has 11 heavy (non-hydrogen) atoms. The van der Waals surface area contributed by atoms with E-state index in [1.807, 2.05) is 24.3 Å². The van der Waals surface area contributed by atoms with Gasteiger partial charge in [0.25, 0.3) is 0 Å². The summed E-state index contributed by atoms with van der Waals surface area (Å²) in [6.07, 6.45) is 0. The van der Waals surface area contributed by atoms with Crippen molar-refractivity contribution in [2.75, 3.05) is 19.0 Å². The van der Waals surface area contributed by atoms with Crippen LogP contribution in [0.15, 0.2) is 24.3 Å².